The topological polar surface area (TPSA) is 26.3 Å². The third kappa shape index (κ3) is 2.47. The molecule has 136 valence electrons. The minimum absolute atomic E-state index is 0.0998. The summed E-state index contributed by atoms with van der Waals surface area (Å²) in [6, 6.07) is 0. The number of allylic oxidation sites excluding steroid dienone is 4. The lowest BCUT2D eigenvalue weighted by Gasteiger charge is -2.57. The summed E-state index contributed by atoms with van der Waals surface area (Å²) in [5.41, 5.74) is 3.73. The molecule has 2 nitrogen and oxygen atoms in total. The molecule has 0 aliphatic heterocycles. The van der Waals surface area contributed by atoms with E-state index in [4.69, 9.17) is 4.74 Å². The van der Waals surface area contributed by atoms with Crippen LogP contribution in [0.4, 0.5) is 0 Å². The van der Waals surface area contributed by atoms with E-state index in [0.717, 1.165) is 30.6 Å². The molecule has 6 atom stereocenters. The Morgan fingerprint density at radius 3 is 2.64 bits per heavy atom. The van der Waals surface area contributed by atoms with Crippen molar-refractivity contribution >= 4 is 5.97 Å². The normalized spacial score (nSPS) is 45.4. The maximum absolute atomic E-state index is 11.3. The van der Waals surface area contributed by atoms with Gasteiger partial charge in [-0.2, -0.15) is 0 Å². The SMILES string of the molecule is C=CC1=CCC2C3CC=C4CC(OC(C)=O)CC[C@]4(C)C3CC[C@]12C. The average Bonchev–Trinajstić information content (AvgIpc) is 2.91. The molecule has 25 heavy (non-hydrogen) atoms. The Morgan fingerprint density at radius 2 is 1.92 bits per heavy atom. The highest BCUT2D eigenvalue weighted by atomic mass is 16.5. The molecule has 0 N–H and O–H groups in total. The monoisotopic (exact) mass is 340 g/mol. The van der Waals surface area contributed by atoms with Crippen molar-refractivity contribution in [2.75, 3.05) is 0 Å². The first-order chi connectivity index (χ1) is 11.9. The maximum Gasteiger partial charge on any atom is 0.302 e. The number of ether oxygens (including phenoxy) is 1. The number of rotatable bonds is 2. The van der Waals surface area contributed by atoms with Crippen LogP contribution in [0.15, 0.2) is 36.0 Å². The van der Waals surface area contributed by atoms with Crippen LogP contribution in [-0.4, -0.2) is 12.1 Å². The molecule has 4 unspecified atom stereocenters. The maximum atomic E-state index is 11.3. The highest BCUT2D eigenvalue weighted by Crippen LogP contribution is 2.65. The van der Waals surface area contributed by atoms with Gasteiger partial charge in [0, 0.05) is 13.3 Å². The molecule has 0 amide bonds. The molecule has 0 radical (unpaired) electrons. The van der Waals surface area contributed by atoms with E-state index in [1.165, 1.54) is 44.6 Å². The quantitative estimate of drug-likeness (QED) is 0.483. The first kappa shape index (κ1) is 17.1. The standard InChI is InChI=1S/C23H32O2/c1-5-16-7-9-20-19-8-6-17-14-18(25-15(2)24)10-12-23(17,4)21(19)11-13-22(16,20)3/h5-7,18-21H,1,8-14H2,2-4H3/t18?,19?,20?,21?,22-,23+/m1/s1. The van der Waals surface area contributed by atoms with Crippen molar-refractivity contribution in [1.82, 2.24) is 0 Å². The molecule has 0 heterocycles. The van der Waals surface area contributed by atoms with Crippen molar-refractivity contribution in [3.8, 4) is 0 Å². The van der Waals surface area contributed by atoms with E-state index >= 15 is 0 Å². The zero-order chi connectivity index (χ0) is 17.8. The molecule has 0 saturated heterocycles. The van der Waals surface area contributed by atoms with Crippen molar-refractivity contribution in [3.63, 3.8) is 0 Å². The summed E-state index contributed by atoms with van der Waals surface area (Å²) >= 11 is 0. The molecular formula is C23H32O2. The Kier molecular flexibility index (Phi) is 4.01. The van der Waals surface area contributed by atoms with E-state index < -0.39 is 0 Å². The van der Waals surface area contributed by atoms with E-state index in [1.54, 1.807) is 5.57 Å². The van der Waals surface area contributed by atoms with Crippen LogP contribution < -0.4 is 0 Å². The minimum atomic E-state index is -0.134. The molecule has 0 aromatic heterocycles. The van der Waals surface area contributed by atoms with Gasteiger partial charge < -0.3 is 4.74 Å². The summed E-state index contributed by atoms with van der Waals surface area (Å²) < 4.78 is 5.54. The van der Waals surface area contributed by atoms with Crippen LogP contribution in [0.3, 0.4) is 0 Å². The van der Waals surface area contributed by atoms with E-state index in [0.29, 0.717) is 10.8 Å². The Morgan fingerprint density at radius 1 is 1.16 bits per heavy atom. The van der Waals surface area contributed by atoms with Crippen LogP contribution in [0.2, 0.25) is 0 Å². The lowest BCUT2D eigenvalue weighted by atomic mass is 9.47. The third-order valence-electron chi connectivity index (χ3n) is 8.25. The molecule has 2 heteroatoms. The van der Waals surface area contributed by atoms with E-state index in [-0.39, 0.29) is 12.1 Å². The molecule has 0 aromatic carbocycles. The van der Waals surface area contributed by atoms with Crippen molar-refractivity contribution in [1.29, 1.82) is 0 Å². The van der Waals surface area contributed by atoms with Crippen LogP contribution >= 0.6 is 0 Å². The van der Waals surface area contributed by atoms with Crippen LogP contribution in [0.25, 0.3) is 0 Å². The van der Waals surface area contributed by atoms with Gasteiger partial charge in [-0.15, -0.1) is 0 Å². The molecule has 2 saturated carbocycles. The van der Waals surface area contributed by atoms with Gasteiger partial charge in [0.05, 0.1) is 0 Å². The summed E-state index contributed by atoms with van der Waals surface area (Å²) in [5, 5.41) is 0. The van der Waals surface area contributed by atoms with Gasteiger partial charge in [-0.3, -0.25) is 4.79 Å². The second-order valence-corrected chi connectivity index (χ2v) is 9.29. The number of hydrogen-bond donors (Lipinski definition) is 0. The van der Waals surface area contributed by atoms with E-state index in [1.807, 2.05) is 0 Å². The van der Waals surface area contributed by atoms with Crippen molar-refractivity contribution in [2.45, 2.75) is 71.8 Å². The number of fused-ring (bicyclic) bond motifs is 5. The van der Waals surface area contributed by atoms with Crippen LogP contribution in [-0.2, 0) is 9.53 Å². The number of carbonyl (C=O) groups is 1. The fourth-order valence-corrected chi connectivity index (χ4v) is 6.88. The largest absolute Gasteiger partial charge is 0.462 e. The Hall–Kier alpha value is -1.31. The zero-order valence-corrected chi connectivity index (χ0v) is 16.0. The molecule has 0 bridgehead atoms. The van der Waals surface area contributed by atoms with E-state index in [2.05, 4.69) is 38.7 Å². The molecule has 4 aliphatic rings. The van der Waals surface area contributed by atoms with Gasteiger partial charge >= 0.3 is 5.97 Å². The van der Waals surface area contributed by atoms with Gasteiger partial charge in [-0.1, -0.05) is 44.2 Å². The third-order valence-corrected chi connectivity index (χ3v) is 8.25. The van der Waals surface area contributed by atoms with Crippen LogP contribution in [0, 0.1) is 28.6 Å². The first-order valence-corrected chi connectivity index (χ1v) is 10.1. The fourth-order valence-electron chi connectivity index (χ4n) is 6.88. The van der Waals surface area contributed by atoms with Gasteiger partial charge in [-0.25, -0.2) is 0 Å². The predicted molar refractivity (Wildman–Crippen MR) is 101 cm³/mol. The van der Waals surface area contributed by atoms with Gasteiger partial charge in [0.1, 0.15) is 6.10 Å². The van der Waals surface area contributed by atoms with Crippen molar-refractivity contribution < 1.29 is 9.53 Å². The van der Waals surface area contributed by atoms with Gasteiger partial charge in [0.25, 0.3) is 0 Å². The molecule has 0 aromatic rings. The number of hydrogen-bond acceptors (Lipinski definition) is 2. The molecular weight excluding hydrogens is 308 g/mol. The molecule has 2 fully saturated rings. The Bertz CT molecular complexity index is 657. The highest BCUT2D eigenvalue weighted by Gasteiger charge is 2.56. The average molecular weight is 341 g/mol. The summed E-state index contributed by atoms with van der Waals surface area (Å²) in [7, 11) is 0. The fraction of sp³-hybridized carbons (Fsp3) is 0.696. The van der Waals surface area contributed by atoms with Gasteiger partial charge in [-0.05, 0) is 72.7 Å². The second-order valence-electron chi connectivity index (χ2n) is 9.29. The molecule has 4 aliphatic carbocycles. The Labute approximate surface area is 152 Å². The summed E-state index contributed by atoms with van der Waals surface area (Å²) in [6.07, 6.45) is 15.4. The van der Waals surface area contributed by atoms with Crippen molar-refractivity contribution in [3.05, 3.63) is 36.0 Å². The van der Waals surface area contributed by atoms with Crippen LogP contribution in [0.1, 0.15) is 65.7 Å². The van der Waals surface area contributed by atoms with Gasteiger partial charge in [0.15, 0.2) is 0 Å². The lowest BCUT2D eigenvalue weighted by molar-refractivity contribution is -0.148. The highest BCUT2D eigenvalue weighted by molar-refractivity contribution is 5.66. The predicted octanol–water partition coefficient (Wildman–Crippen LogP) is 5.60. The number of esters is 1. The first-order valence-electron chi connectivity index (χ1n) is 10.1. The molecule has 0 spiro atoms. The summed E-state index contributed by atoms with van der Waals surface area (Å²) in [4.78, 5) is 11.3. The minimum Gasteiger partial charge on any atom is -0.462 e. The van der Waals surface area contributed by atoms with Gasteiger partial charge in [0.2, 0.25) is 0 Å². The Balaban J connectivity index is 1.59. The van der Waals surface area contributed by atoms with Crippen molar-refractivity contribution in [2.24, 2.45) is 28.6 Å². The zero-order valence-electron chi connectivity index (χ0n) is 16.0. The van der Waals surface area contributed by atoms with Crippen LogP contribution in [0.5, 0.6) is 0 Å². The number of carbonyl (C=O) groups excluding carboxylic acids is 1. The summed E-state index contributed by atoms with van der Waals surface area (Å²) in [5.74, 6) is 2.23. The smallest absolute Gasteiger partial charge is 0.302 e. The lowest BCUT2D eigenvalue weighted by Crippen LogP contribution is -2.50. The van der Waals surface area contributed by atoms with E-state index in [9.17, 15) is 4.79 Å². The molecule has 4 rings (SSSR count). The second kappa shape index (κ2) is 5.86. The summed E-state index contributed by atoms with van der Waals surface area (Å²) in [6.45, 7) is 10.6.